The highest BCUT2D eigenvalue weighted by Gasteiger charge is 2.43. The smallest absolute Gasteiger partial charge is 0.336 e. The summed E-state index contributed by atoms with van der Waals surface area (Å²) in [6.45, 7) is 9.13. The number of hydrogen-bond donors (Lipinski definition) is 2. The highest BCUT2D eigenvalue weighted by molar-refractivity contribution is 6.04. The molecule has 30 heavy (non-hydrogen) atoms. The molecule has 1 atom stereocenters. The van der Waals surface area contributed by atoms with Crippen LogP contribution in [0.5, 0.6) is 5.75 Å². The number of aromatic hydroxyl groups is 1. The topological polar surface area (TPSA) is 84.9 Å². The number of phenols is 1. The fourth-order valence-corrected chi connectivity index (χ4v) is 4.22. The van der Waals surface area contributed by atoms with Crippen LogP contribution in [0.2, 0.25) is 0 Å². The molecule has 1 aliphatic carbocycles. The lowest BCUT2D eigenvalue weighted by Gasteiger charge is -2.39. The van der Waals surface area contributed by atoms with Gasteiger partial charge in [-0.2, -0.15) is 0 Å². The monoisotopic (exact) mass is 413 g/mol. The fourth-order valence-electron chi connectivity index (χ4n) is 4.22. The second-order valence-electron chi connectivity index (χ2n) is 8.77. The lowest BCUT2D eigenvalue weighted by molar-refractivity contribution is -0.141. The Bertz CT molecular complexity index is 879. The molecular weight excluding hydrogens is 382 g/mol. The minimum atomic E-state index is -0.519. The number of esters is 1. The Kier molecular flexibility index (Phi) is 6.66. The van der Waals surface area contributed by atoms with E-state index in [0.29, 0.717) is 36.5 Å². The van der Waals surface area contributed by atoms with Crippen molar-refractivity contribution in [1.29, 1.82) is 0 Å². The Labute approximate surface area is 178 Å². The second kappa shape index (κ2) is 9.04. The minimum Gasteiger partial charge on any atom is -0.508 e. The maximum atomic E-state index is 13.2. The van der Waals surface area contributed by atoms with E-state index >= 15 is 0 Å². The standard InChI is InChI=1S/C24H31NO5/c1-5-10-29-11-12-30-23(28)20-15(2)25-18-13-24(3,4)14-19(27)22(18)21(20)16-6-8-17(26)9-7-16/h6-9,21,25-26H,5,10-14H2,1-4H3/t21-/m0/s1. The lowest BCUT2D eigenvalue weighted by atomic mass is 9.68. The molecule has 1 aliphatic heterocycles. The van der Waals surface area contributed by atoms with Crippen molar-refractivity contribution >= 4 is 11.8 Å². The first-order chi connectivity index (χ1) is 14.2. The van der Waals surface area contributed by atoms with Crippen molar-refractivity contribution in [3.8, 4) is 5.75 Å². The number of benzene rings is 1. The van der Waals surface area contributed by atoms with Crippen molar-refractivity contribution in [2.45, 2.75) is 52.9 Å². The Morgan fingerprint density at radius 1 is 1.17 bits per heavy atom. The molecule has 0 spiro atoms. The van der Waals surface area contributed by atoms with E-state index in [4.69, 9.17) is 9.47 Å². The van der Waals surface area contributed by atoms with Gasteiger partial charge in [0.05, 0.1) is 12.2 Å². The lowest BCUT2D eigenvalue weighted by Crippen LogP contribution is -2.38. The van der Waals surface area contributed by atoms with Crippen LogP contribution >= 0.6 is 0 Å². The van der Waals surface area contributed by atoms with Gasteiger partial charge in [0, 0.05) is 35.9 Å². The van der Waals surface area contributed by atoms with Crippen molar-refractivity contribution in [2.75, 3.05) is 19.8 Å². The van der Waals surface area contributed by atoms with E-state index in [9.17, 15) is 14.7 Å². The number of dihydropyridines is 1. The van der Waals surface area contributed by atoms with Crippen molar-refractivity contribution < 1.29 is 24.2 Å². The quantitative estimate of drug-likeness (QED) is 0.520. The van der Waals surface area contributed by atoms with Crippen molar-refractivity contribution in [1.82, 2.24) is 5.32 Å². The number of phenolic OH excluding ortho intramolecular Hbond substituents is 1. The van der Waals surface area contributed by atoms with Gasteiger partial charge in [0.25, 0.3) is 0 Å². The van der Waals surface area contributed by atoms with E-state index in [1.54, 1.807) is 24.3 Å². The van der Waals surface area contributed by atoms with Gasteiger partial charge < -0.3 is 19.9 Å². The summed E-state index contributed by atoms with van der Waals surface area (Å²) >= 11 is 0. The molecule has 0 bridgehead atoms. The number of ether oxygens (including phenoxy) is 2. The fraction of sp³-hybridized carbons (Fsp3) is 0.500. The third-order valence-corrected chi connectivity index (χ3v) is 5.50. The maximum Gasteiger partial charge on any atom is 0.336 e. The largest absolute Gasteiger partial charge is 0.508 e. The minimum absolute atomic E-state index is 0.0379. The molecule has 0 radical (unpaired) electrons. The van der Waals surface area contributed by atoms with E-state index in [1.807, 2.05) is 13.8 Å². The van der Waals surface area contributed by atoms with Gasteiger partial charge in [-0.15, -0.1) is 0 Å². The Hall–Kier alpha value is -2.60. The summed E-state index contributed by atoms with van der Waals surface area (Å²) < 4.78 is 10.9. The zero-order chi connectivity index (χ0) is 21.9. The summed E-state index contributed by atoms with van der Waals surface area (Å²) in [5.74, 6) is -0.802. The molecule has 0 aromatic heterocycles. The highest BCUT2D eigenvalue weighted by Crippen LogP contribution is 2.46. The molecule has 162 valence electrons. The van der Waals surface area contributed by atoms with Gasteiger partial charge in [0.15, 0.2) is 5.78 Å². The van der Waals surface area contributed by atoms with Crippen LogP contribution in [0.4, 0.5) is 0 Å². The predicted octanol–water partition coefficient (Wildman–Crippen LogP) is 3.97. The van der Waals surface area contributed by atoms with E-state index in [1.165, 1.54) is 0 Å². The van der Waals surface area contributed by atoms with Gasteiger partial charge in [-0.05, 0) is 42.9 Å². The molecule has 0 amide bonds. The molecule has 1 aromatic rings. The number of carbonyl (C=O) groups excluding carboxylic acids is 2. The molecule has 0 fully saturated rings. The van der Waals surface area contributed by atoms with Crippen LogP contribution in [0.15, 0.2) is 46.8 Å². The van der Waals surface area contributed by atoms with Crippen LogP contribution in [-0.4, -0.2) is 36.7 Å². The van der Waals surface area contributed by atoms with Crippen LogP contribution < -0.4 is 5.32 Å². The number of nitrogens with one attached hydrogen (secondary N) is 1. The Morgan fingerprint density at radius 2 is 1.87 bits per heavy atom. The van der Waals surface area contributed by atoms with Gasteiger partial charge in [-0.25, -0.2) is 4.79 Å². The van der Waals surface area contributed by atoms with E-state index < -0.39 is 11.9 Å². The molecule has 2 N–H and O–H groups in total. The Morgan fingerprint density at radius 3 is 2.53 bits per heavy atom. The first-order valence-corrected chi connectivity index (χ1v) is 10.5. The molecule has 0 saturated carbocycles. The summed E-state index contributed by atoms with van der Waals surface area (Å²) in [5, 5.41) is 13.0. The molecule has 0 unspecified atom stereocenters. The molecule has 0 saturated heterocycles. The van der Waals surface area contributed by atoms with Gasteiger partial charge in [0.1, 0.15) is 12.4 Å². The first-order valence-electron chi connectivity index (χ1n) is 10.5. The average molecular weight is 414 g/mol. The number of rotatable bonds is 7. The molecular formula is C24H31NO5. The Balaban J connectivity index is 1.95. The molecule has 6 nitrogen and oxygen atoms in total. The number of ketones is 1. The van der Waals surface area contributed by atoms with Crippen molar-refractivity contribution in [2.24, 2.45) is 5.41 Å². The van der Waals surface area contributed by atoms with Crippen LogP contribution in [0.1, 0.15) is 58.4 Å². The summed E-state index contributed by atoms with van der Waals surface area (Å²) in [6, 6.07) is 6.67. The van der Waals surface area contributed by atoms with E-state index in [2.05, 4.69) is 19.2 Å². The summed E-state index contributed by atoms with van der Waals surface area (Å²) in [7, 11) is 0. The molecule has 3 rings (SSSR count). The zero-order valence-electron chi connectivity index (χ0n) is 18.2. The third kappa shape index (κ3) is 4.75. The van der Waals surface area contributed by atoms with Gasteiger partial charge in [0.2, 0.25) is 0 Å². The first kappa shape index (κ1) is 22.1. The van der Waals surface area contributed by atoms with Gasteiger partial charge in [-0.3, -0.25) is 4.79 Å². The number of Topliss-reactive ketones (excluding diaryl/α,β-unsaturated/α-hetero) is 1. The normalized spacial score (nSPS) is 20.7. The zero-order valence-corrected chi connectivity index (χ0v) is 18.2. The van der Waals surface area contributed by atoms with Crippen LogP contribution in [-0.2, 0) is 19.1 Å². The third-order valence-electron chi connectivity index (χ3n) is 5.50. The average Bonchev–Trinajstić information content (AvgIpc) is 2.66. The molecule has 2 aliphatic rings. The number of carbonyl (C=O) groups is 2. The highest BCUT2D eigenvalue weighted by atomic mass is 16.6. The van der Waals surface area contributed by atoms with Crippen LogP contribution in [0.3, 0.4) is 0 Å². The molecule has 6 heteroatoms. The molecule has 1 aromatic carbocycles. The molecule has 1 heterocycles. The van der Waals surface area contributed by atoms with Crippen LogP contribution in [0.25, 0.3) is 0 Å². The maximum absolute atomic E-state index is 13.2. The van der Waals surface area contributed by atoms with E-state index in [-0.39, 0.29) is 23.6 Å². The summed E-state index contributed by atoms with van der Waals surface area (Å²) in [6.07, 6.45) is 2.06. The SMILES string of the molecule is CCCOCCOC(=O)C1=C(C)NC2=C(C(=O)CC(C)(C)C2)[C@H]1c1ccc(O)cc1. The number of hydrogen-bond acceptors (Lipinski definition) is 6. The van der Waals surface area contributed by atoms with Gasteiger partial charge in [-0.1, -0.05) is 32.9 Å². The summed E-state index contributed by atoms with van der Waals surface area (Å²) in [5.41, 5.74) is 3.26. The van der Waals surface area contributed by atoms with Crippen LogP contribution in [0, 0.1) is 5.41 Å². The predicted molar refractivity (Wildman–Crippen MR) is 114 cm³/mol. The van der Waals surface area contributed by atoms with E-state index in [0.717, 1.165) is 24.1 Å². The van der Waals surface area contributed by atoms with Crippen molar-refractivity contribution in [3.63, 3.8) is 0 Å². The van der Waals surface area contributed by atoms with Crippen molar-refractivity contribution in [3.05, 3.63) is 52.4 Å². The summed E-state index contributed by atoms with van der Waals surface area (Å²) in [4.78, 5) is 26.2. The van der Waals surface area contributed by atoms with Gasteiger partial charge >= 0.3 is 5.97 Å². The number of allylic oxidation sites excluding steroid dienone is 3. The second-order valence-corrected chi connectivity index (χ2v) is 8.77.